The maximum absolute atomic E-state index is 12.8. The fourth-order valence-corrected chi connectivity index (χ4v) is 3.61. The first-order valence-corrected chi connectivity index (χ1v) is 10.2. The third-order valence-corrected chi connectivity index (χ3v) is 5.15. The number of amides is 1. The van der Waals surface area contributed by atoms with Crippen molar-refractivity contribution < 1.29 is 31.9 Å². The van der Waals surface area contributed by atoms with E-state index in [9.17, 15) is 22.8 Å². The number of esters is 1. The second-order valence-corrected chi connectivity index (χ2v) is 7.36. The van der Waals surface area contributed by atoms with Crippen LogP contribution >= 0.6 is 0 Å². The van der Waals surface area contributed by atoms with Gasteiger partial charge in [-0.1, -0.05) is 18.2 Å². The van der Waals surface area contributed by atoms with E-state index in [1.54, 1.807) is 24.0 Å². The summed E-state index contributed by atoms with van der Waals surface area (Å²) in [5.41, 5.74) is -0.115. The van der Waals surface area contributed by atoms with Gasteiger partial charge in [0, 0.05) is 19.0 Å². The summed E-state index contributed by atoms with van der Waals surface area (Å²) in [6.45, 7) is 3.07. The predicted octanol–water partition coefficient (Wildman–Crippen LogP) is 4.15. The predicted molar refractivity (Wildman–Crippen MR) is 106 cm³/mol. The van der Waals surface area contributed by atoms with Crippen LogP contribution in [0.1, 0.15) is 53.6 Å². The molecule has 1 fully saturated rings. The highest BCUT2D eigenvalue weighted by atomic mass is 19.4. The van der Waals surface area contributed by atoms with Crippen molar-refractivity contribution in [3.63, 3.8) is 0 Å². The Balaban J connectivity index is 1.50. The molecular weight excluding hydrogens is 413 g/mol. The Hall–Kier alpha value is -2.81. The van der Waals surface area contributed by atoms with E-state index in [1.807, 2.05) is 0 Å². The number of hydrogen-bond acceptors (Lipinski definition) is 5. The number of alkyl halides is 3. The Morgan fingerprint density at radius 3 is 2.84 bits per heavy atom. The average Bonchev–Trinajstić information content (AvgIpc) is 3.33. The van der Waals surface area contributed by atoms with Gasteiger partial charge in [0.1, 0.15) is 5.76 Å². The number of carbonyl (C=O) groups excluding carboxylic acids is 2. The molecule has 168 valence electrons. The Morgan fingerprint density at radius 2 is 2.10 bits per heavy atom. The topological polar surface area (TPSA) is 71.8 Å². The maximum atomic E-state index is 12.8. The summed E-state index contributed by atoms with van der Waals surface area (Å²) in [4.78, 5) is 25.7. The van der Waals surface area contributed by atoms with Crippen molar-refractivity contribution in [1.82, 2.24) is 10.2 Å². The SMILES string of the molecule is CCOC(=O)c1ccc(CN2C(=O)CCC2CCNCc2cccc(C(F)(F)F)c2)o1. The van der Waals surface area contributed by atoms with Crippen LogP contribution in [-0.4, -0.2) is 36.0 Å². The van der Waals surface area contributed by atoms with Crippen LogP contribution in [0.2, 0.25) is 0 Å². The molecule has 9 heteroatoms. The number of likely N-dealkylation sites (tertiary alicyclic amines) is 1. The van der Waals surface area contributed by atoms with Gasteiger partial charge in [-0.2, -0.15) is 13.2 Å². The fraction of sp³-hybridized carbons (Fsp3) is 0.455. The number of ether oxygens (including phenoxy) is 1. The van der Waals surface area contributed by atoms with Crippen LogP contribution in [0.15, 0.2) is 40.8 Å². The van der Waals surface area contributed by atoms with Crippen LogP contribution in [0, 0.1) is 0 Å². The van der Waals surface area contributed by atoms with Gasteiger partial charge < -0.3 is 19.4 Å². The monoisotopic (exact) mass is 438 g/mol. The Morgan fingerprint density at radius 1 is 1.29 bits per heavy atom. The lowest BCUT2D eigenvalue weighted by Gasteiger charge is -2.24. The minimum atomic E-state index is -4.36. The number of furan rings is 1. The van der Waals surface area contributed by atoms with Crippen LogP contribution in [0.25, 0.3) is 0 Å². The van der Waals surface area contributed by atoms with Gasteiger partial charge in [-0.05, 0) is 50.1 Å². The third-order valence-electron chi connectivity index (χ3n) is 5.15. The minimum absolute atomic E-state index is 0.00217. The molecule has 0 radical (unpaired) electrons. The molecule has 6 nitrogen and oxygen atoms in total. The normalized spacial score (nSPS) is 16.7. The average molecular weight is 438 g/mol. The van der Waals surface area contributed by atoms with Crippen LogP contribution < -0.4 is 5.32 Å². The summed E-state index contributed by atoms with van der Waals surface area (Å²) in [6, 6.07) is 8.40. The maximum Gasteiger partial charge on any atom is 0.416 e. The van der Waals surface area contributed by atoms with Crippen LogP contribution in [0.4, 0.5) is 13.2 Å². The highest BCUT2D eigenvalue weighted by Gasteiger charge is 2.32. The lowest BCUT2D eigenvalue weighted by Crippen LogP contribution is -2.34. The molecule has 1 aliphatic rings. The highest BCUT2D eigenvalue weighted by molar-refractivity contribution is 5.86. The Kier molecular flexibility index (Phi) is 7.37. The third kappa shape index (κ3) is 6.10. The zero-order chi connectivity index (χ0) is 22.4. The second kappa shape index (κ2) is 10.00. The molecule has 1 aliphatic heterocycles. The molecule has 1 N–H and O–H groups in total. The van der Waals surface area contributed by atoms with E-state index < -0.39 is 17.7 Å². The summed E-state index contributed by atoms with van der Waals surface area (Å²) in [5, 5.41) is 3.15. The number of nitrogens with one attached hydrogen (secondary N) is 1. The van der Waals surface area contributed by atoms with Crippen LogP contribution in [0.5, 0.6) is 0 Å². The van der Waals surface area contributed by atoms with Crippen molar-refractivity contribution in [2.75, 3.05) is 13.2 Å². The van der Waals surface area contributed by atoms with E-state index in [2.05, 4.69) is 5.32 Å². The number of hydrogen-bond donors (Lipinski definition) is 1. The quantitative estimate of drug-likeness (QED) is 0.471. The standard InChI is InChI=1S/C22H25F3N2O4/c1-2-30-21(29)19-8-7-18(31-19)14-27-17(6-9-20(27)28)10-11-26-13-15-4-3-5-16(12-15)22(23,24)25/h3-5,7-8,12,17,26H,2,6,9-11,13-14H2,1H3. The molecule has 1 unspecified atom stereocenters. The molecule has 1 aromatic carbocycles. The summed E-state index contributed by atoms with van der Waals surface area (Å²) < 4.78 is 48.8. The lowest BCUT2D eigenvalue weighted by molar-refractivity contribution is -0.137. The van der Waals surface area contributed by atoms with Gasteiger partial charge in [0.05, 0.1) is 18.7 Å². The van der Waals surface area contributed by atoms with Crippen LogP contribution in [0.3, 0.4) is 0 Å². The van der Waals surface area contributed by atoms with Gasteiger partial charge in [0.25, 0.3) is 0 Å². The van der Waals surface area contributed by atoms with E-state index in [4.69, 9.17) is 9.15 Å². The minimum Gasteiger partial charge on any atom is -0.460 e. The molecule has 3 rings (SSSR count). The molecule has 0 aliphatic carbocycles. The van der Waals surface area contributed by atoms with Crippen molar-refractivity contribution in [2.45, 2.75) is 51.5 Å². The molecule has 2 aromatic rings. The van der Waals surface area contributed by atoms with Crippen molar-refractivity contribution >= 4 is 11.9 Å². The molecule has 1 saturated heterocycles. The Bertz CT molecular complexity index is 910. The largest absolute Gasteiger partial charge is 0.460 e. The highest BCUT2D eigenvalue weighted by Crippen LogP contribution is 2.29. The molecule has 0 spiro atoms. The van der Waals surface area contributed by atoms with Gasteiger partial charge in [0.15, 0.2) is 0 Å². The van der Waals surface area contributed by atoms with Gasteiger partial charge in [-0.3, -0.25) is 4.79 Å². The second-order valence-electron chi connectivity index (χ2n) is 7.36. The molecule has 0 saturated carbocycles. The van der Waals surface area contributed by atoms with E-state index in [-0.39, 0.29) is 30.9 Å². The first kappa shape index (κ1) is 22.9. The van der Waals surface area contributed by atoms with E-state index in [0.29, 0.717) is 43.7 Å². The summed E-state index contributed by atoms with van der Waals surface area (Å²) in [6.07, 6.45) is -2.56. The first-order valence-electron chi connectivity index (χ1n) is 10.2. The fourth-order valence-electron chi connectivity index (χ4n) is 3.61. The molecule has 1 atom stereocenters. The van der Waals surface area contributed by atoms with Crippen molar-refractivity contribution in [3.05, 3.63) is 59.0 Å². The smallest absolute Gasteiger partial charge is 0.416 e. The molecule has 1 amide bonds. The Labute approximate surface area is 178 Å². The summed E-state index contributed by atoms with van der Waals surface area (Å²) in [7, 11) is 0. The van der Waals surface area contributed by atoms with Crippen molar-refractivity contribution in [3.8, 4) is 0 Å². The molecular formula is C22H25F3N2O4. The van der Waals surface area contributed by atoms with Gasteiger partial charge in [-0.25, -0.2) is 4.79 Å². The zero-order valence-electron chi connectivity index (χ0n) is 17.2. The molecule has 2 heterocycles. The van der Waals surface area contributed by atoms with Crippen molar-refractivity contribution in [2.24, 2.45) is 0 Å². The van der Waals surface area contributed by atoms with Gasteiger partial charge in [-0.15, -0.1) is 0 Å². The number of halogens is 3. The van der Waals surface area contributed by atoms with E-state index >= 15 is 0 Å². The van der Waals surface area contributed by atoms with E-state index in [0.717, 1.165) is 12.1 Å². The number of rotatable bonds is 9. The van der Waals surface area contributed by atoms with Gasteiger partial charge >= 0.3 is 12.1 Å². The molecule has 31 heavy (non-hydrogen) atoms. The number of carbonyl (C=O) groups is 2. The number of nitrogens with zero attached hydrogens (tertiary/aromatic N) is 1. The molecule has 1 aromatic heterocycles. The number of benzene rings is 1. The van der Waals surface area contributed by atoms with Crippen LogP contribution in [-0.2, 0) is 28.8 Å². The zero-order valence-corrected chi connectivity index (χ0v) is 17.2. The lowest BCUT2D eigenvalue weighted by atomic mass is 10.1. The van der Waals surface area contributed by atoms with Gasteiger partial charge in [0.2, 0.25) is 11.7 Å². The summed E-state index contributed by atoms with van der Waals surface area (Å²) in [5.74, 6) is 0.0665. The van der Waals surface area contributed by atoms with Crippen molar-refractivity contribution in [1.29, 1.82) is 0 Å². The summed E-state index contributed by atoms with van der Waals surface area (Å²) >= 11 is 0. The molecule has 0 bridgehead atoms. The first-order chi connectivity index (χ1) is 14.8. The van der Waals surface area contributed by atoms with E-state index in [1.165, 1.54) is 12.1 Å².